The van der Waals surface area contributed by atoms with Crippen molar-refractivity contribution in [2.75, 3.05) is 56.7 Å². The molecule has 1 aromatic carbocycles. The first-order chi connectivity index (χ1) is 10.7. The highest BCUT2D eigenvalue weighted by atomic mass is 16.5. The fourth-order valence-corrected chi connectivity index (χ4v) is 2.64. The molecule has 0 aromatic heterocycles. The predicted molar refractivity (Wildman–Crippen MR) is 81.2 cm³/mol. The van der Waals surface area contributed by atoms with E-state index in [0.29, 0.717) is 37.7 Å². The third-order valence-electron chi connectivity index (χ3n) is 3.88. The van der Waals surface area contributed by atoms with Gasteiger partial charge in [0.2, 0.25) is 11.8 Å². The standard InChI is InChI=1S/C15H19N3O4/c1-21-11-2-3-13-12(8-11)16-9-14(19)18(13)10-15(20)17-4-6-22-7-5-17/h2-3,8,16H,4-7,9-10H2,1H3. The van der Waals surface area contributed by atoms with Gasteiger partial charge in [-0.05, 0) is 12.1 Å². The van der Waals surface area contributed by atoms with Gasteiger partial charge < -0.3 is 19.7 Å². The van der Waals surface area contributed by atoms with E-state index in [-0.39, 0.29) is 24.9 Å². The summed E-state index contributed by atoms with van der Waals surface area (Å²) in [6.45, 7) is 2.49. The molecule has 7 heteroatoms. The van der Waals surface area contributed by atoms with E-state index in [1.54, 1.807) is 24.1 Å². The molecule has 2 aliphatic heterocycles. The fraction of sp³-hybridized carbons (Fsp3) is 0.467. The Morgan fingerprint density at radius 1 is 1.36 bits per heavy atom. The van der Waals surface area contributed by atoms with Crippen LogP contribution in [-0.4, -0.2) is 63.2 Å². The molecule has 1 saturated heterocycles. The maximum atomic E-state index is 12.4. The van der Waals surface area contributed by atoms with Gasteiger partial charge in [-0.2, -0.15) is 0 Å². The number of hydrogen-bond acceptors (Lipinski definition) is 5. The minimum atomic E-state index is -0.112. The van der Waals surface area contributed by atoms with Crippen LogP contribution in [-0.2, 0) is 14.3 Å². The lowest BCUT2D eigenvalue weighted by Crippen LogP contribution is -2.49. The van der Waals surface area contributed by atoms with Gasteiger partial charge >= 0.3 is 0 Å². The molecule has 2 amide bonds. The normalized spacial score (nSPS) is 17.8. The fourth-order valence-electron chi connectivity index (χ4n) is 2.64. The second-order valence-corrected chi connectivity index (χ2v) is 5.21. The van der Waals surface area contributed by atoms with Crippen LogP contribution in [0, 0.1) is 0 Å². The van der Waals surface area contributed by atoms with E-state index in [2.05, 4.69) is 5.32 Å². The number of carbonyl (C=O) groups is 2. The van der Waals surface area contributed by atoms with Crippen molar-refractivity contribution in [1.82, 2.24) is 4.90 Å². The van der Waals surface area contributed by atoms with Gasteiger partial charge in [-0.1, -0.05) is 0 Å². The van der Waals surface area contributed by atoms with Gasteiger partial charge in [0.15, 0.2) is 0 Å². The first kappa shape index (κ1) is 14.6. The van der Waals surface area contributed by atoms with E-state index < -0.39 is 0 Å². The van der Waals surface area contributed by atoms with E-state index >= 15 is 0 Å². The number of fused-ring (bicyclic) bond motifs is 1. The van der Waals surface area contributed by atoms with Gasteiger partial charge in [0.1, 0.15) is 12.3 Å². The molecule has 2 aliphatic rings. The zero-order valence-corrected chi connectivity index (χ0v) is 12.5. The van der Waals surface area contributed by atoms with Crippen molar-refractivity contribution in [3.63, 3.8) is 0 Å². The Balaban J connectivity index is 1.78. The summed E-state index contributed by atoms with van der Waals surface area (Å²) in [7, 11) is 1.59. The van der Waals surface area contributed by atoms with E-state index in [1.165, 1.54) is 4.90 Å². The number of rotatable bonds is 3. The van der Waals surface area contributed by atoms with Crippen LogP contribution in [0.15, 0.2) is 18.2 Å². The molecule has 0 unspecified atom stereocenters. The van der Waals surface area contributed by atoms with Gasteiger partial charge in [-0.15, -0.1) is 0 Å². The molecular formula is C15H19N3O4. The highest BCUT2D eigenvalue weighted by Gasteiger charge is 2.28. The van der Waals surface area contributed by atoms with Crippen LogP contribution in [0.25, 0.3) is 0 Å². The van der Waals surface area contributed by atoms with Crippen molar-refractivity contribution in [1.29, 1.82) is 0 Å². The van der Waals surface area contributed by atoms with Crippen molar-refractivity contribution in [3.8, 4) is 5.75 Å². The zero-order valence-electron chi connectivity index (χ0n) is 12.5. The van der Waals surface area contributed by atoms with Gasteiger partial charge in [0.25, 0.3) is 0 Å². The number of hydrogen-bond donors (Lipinski definition) is 1. The van der Waals surface area contributed by atoms with Crippen molar-refractivity contribution in [3.05, 3.63) is 18.2 Å². The average Bonchev–Trinajstić information content (AvgIpc) is 2.57. The lowest BCUT2D eigenvalue weighted by Gasteiger charge is -2.33. The first-order valence-corrected chi connectivity index (χ1v) is 7.27. The van der Waals surface area contributed by atoms with Crippen LogP contribution in [0.4, 0.5) is 11.4 Å². The predicted octanol–water partition coefficient (Wildman–Crippen LogP) is 0.312. The van der Waals surface area contributed by atoms with Crippen LogP contribution < -0.4 is 15.0 Å². The number of ether oxygens (including phenoxy) is 2. The zero-order chi connectivity index (χ0) is 15.5. The Kier molecular flexibility index (Phi) is 4.15. The number of morpholine rings is 1. The molecule has 3 rings (SSSR count). The molecule has 22 heavy (non-hydrogen) atoms. The molecule has 1 fully saturated rings. The Labute approximate surface area is 128 Å². The maximum absolute atomic E-state index is 12.4. The van der Waals surface area contributed by atoms with Crippen LogP contribution in [0.3, 0.4) is 0 Å². The lowest BCUT2D eigenvalue weighted by molar-refractivity contribution is -0.134. The highest BCUT2D eigenvalue weighted by molar-refractivity contribution is 6.06. The van der Waals surface area contributed by atoms with Crippen LogP contribution in [0.5, 0.6) is 5.75 Å². The van der Waals surface area contributed by atoms with E-state index in [0.717, 1.165) is 5.69 Å². The second kappa shape index (κ2) is 6.23. The molecule has 0 saturated carbocycles. The monoisotopic (exact) mass is 305 g/mol. The van der Waals surface area contributed by atoms with Crippen LogP contribution in [0.1, 0.15) is 0 Å². The number of anilines is 2. The molecular weight excluding hydrogens is 286 g/mol. The summed E-state index contributed by atoms with van der Waals surface area (Å²) in [5.74, 6) is 0.541. The molecule has 1 aromatic rings. The van der Waals surface area contributed by atoms with E-state index in [4.69, 9.17) is 9.47 Å². The molecule has 2 heterocycles. The van der Waals surface area contributed by atoms with Crippen molar-refractivity contribution < 1.29 is 19.1 Å². The Hall–Kier alpha value is -2.28. The average molecular weight is 305 g/mol. The molecule has 0 aliphatic carbocycles. The number of nitrogens with zero attached hydrogens (tertiary/aromatic N) is 2. The first-order valence-electron chi connectivity index (χ1n) is 7.27. The molecule has 7 nitrogen and oxygen atoms in total. The van der Waals surface area contributed by atoms with Gasteiger partial charge in [-0.3, -0.25) is 14.5 Å². The van der Waals surface area contributed by atoms with Gasteiger partial charge in [0.05, 0.1) is 38.2 Å². The van der Waals surface area contributed by atoms with E-state index in [9.17, 15) is 9.59 Å². The minimum Gasteiger partial charge on any atom is -0.497 e. The topological polar surface area (TPSA) is 71.1 Å². The largest absolute Gasteiger partial charge is 0.497 e. The van der Waals surface area contributed by atoms with Crippen molar-refractivity contribution in [2.24, 2.45) is 0 Å². The molecule has 1 N–H and O–H groups in total. The van der Waals surface area contributed by atoms with Gasteiger partial charge in [-0.25, -0.2) is 0 Å². The molecule has 0 bridgehead atoms. The van der Waals surface area contributed by atoms with Crippen LogP contribution in [0.2, 0.25) is 0 Å². The number of nitrogens with one attached hydrogen (secondary N) is 1. The second-order valence-electron chi connectivity index (χ2n) is 5.21. The summed E-state index contributed by atoms with van der Waals surface area (Å²) in [5, 5.41) is 3.05. The maximum Gasteiger partial charge on any atom is 0.246 e. The number of methoxy groups -OCH3 is 1. The van der Waals surface area contributed by atoms with E-state index in [1.807, 2.05) is 6.07 Å². The van der Waals surface area contributed by atoms with Crippen LogP contribution >= 0.6 is 0 Å². The Morgan fingerprint density at radius 2 is 2.14 bits per heavy atom. The quantitative estimate of drug-likeness (QED) is 0.870. The Morgan fingerprint density at radius 3 is 2.86 bits per heavy atom. The summed E-state index contributed by atoms with van der Waals surface area (Å²) in [5.41, 5.74) is 1.51. The molecule has 0 spiro atoms. The highest BCUT2D eigenvalue weighted by Crippen LogP contribution is 2.32. The Bertz CT molecular complexity index is 584. The summed E-state index contributed by atoms with van der Waals surface area (Å²) >= 11 is 0. The molecule has 0 radical (unpaired) electrons. The summed E-state index contributed by atoms with van der Waals surface area (Å²) < 4.78 is 10.4. The van der Waals surface area contributed by atoms with Crippen molar-refractivity contribution >= 4 is 23.2 Å². The van der Waals surface area contributed by atoms with Gasteiger partial charge in [0, 0.05) is 19.2 Å². The summed E-state index contributed by atoms with van der Waals surface area (Å²) in [6.07, 6.45) is 0. The smallest absolute Gasteiger partial charge is 0.246 e. The van der Waals surface area contributed by atoms with Crippen molar-refractivity contribution in [2.45, 2.75) is 0 Å². The number of amides is 2. The summed E-state index contributed by atoms with van der Waals surface area (Å²) in [6, 6.07) is 5.41. The third kappa shape index (κ3) is 2.85. The third-order valence-corrected chi connectivity index (χ3v) is 3.88. The number of benzene rings is 1. The molecule has 0 atom stereocenters. The lowest BCUT2D eigenvalue weighted by atomic mass is 10.1. The minimum absolute atomic E-state index is 0.0553. The summed E-state index contributed by atoms with van der Waals surface area (Å²) in [4.78, 5) is 27.8. The SMILES string of the molecule is COc1ccc2c(c1)NCC(=O)N2CC(=O)N1CCOCC1. The molecule has 118 valence electrons. The number of carbonyl (C=O) groups excluding carboxylic acids is 2.